The first-order valence-electron chi connectivity index (χ1n) is 11.3. The van der Waals surface area contributed by atoms with E-state index in [-0.39, 0.29) is 6.29 Å². The van der Waals surface area contributed by atoms with E-state index in [4.69, 9.17) is 9.47 Å². The van der Waals surface area contributed by atoms with Crippen LogP contribution in [0.4, 0.5) is 0 Å². The van der Waals surface area contributed by atoms with Crippen molar-refractivity contribution in [3.05, 3.63) is 22.3 Å². The molecule has 1 saturated heterocycles. The minimum atomic E-state index is -2.08. The molecule has 1 aliphatic rings. The van der Waals surface area contributed by atoms with Crippen molar-refractivity contribution in [2.75, 3.05) is 13.2 Å². The van der Waals surface area contributed by atoms with Crippen LogP contribution in [0.3, 0.4) is 0 Å². The molecule has 0 saturated carbocycles. The molecule has 1 rings (SSSR count). The van der Waals surface area contributed by atoms with Crippen molar-refractivity contribution in [3.63, 3.8) is 0 Å². The Labute approximate surface area is 167 Å². The molecule has 1 fully saturated rings. The van der Waals surface area contributed by atoms with E-state index >= 15 is 0 Å². The third kappa shape index (κ3) is 11.1. The van der Waals surface area contributed by atoms with Gasteiger partial charge in [0.1, 0.15) is 0 Å². The zero-order valence-electron chi connectivity index (χ0n) is 17.8. The monoisotopic (exact) mass is 472 g/mol. The Morgan fingerprint density at radius 1 is 0.923 bits per heavy atom. The van der Waals surface area contributed by atoms with E-state index in [1.165, 1.54) is 51.4 Å². The third-order valence-corrected chi connectivity index (χ3v) is 19.6. The van der Waals surface area contributed by atoms with Crippen molar-refractivity contribution >= 4 is 18.4 Å². The molecule has 3 heteroatoms. The summed E-state index contributed by atoms with van der Waals surface area (Å²) in [6.07, 6.45) is 19.8. The molecular formula is C23H44O2Sn. The molecule has 0 aromatic carbocycles. The van der Waals surface area contributed by atoms with Gasteiger partial charge in [-0.1, -0.05) is 0 Å². The van der Waals surface area contributed by atoms with Gasteiger partial charge in [0.25, 0.3) is 0 Å². The topological polar surface area (TPSA) is 18.5 Å². The molecule has 0 aliphatic carbocycles. The van der Waals surface area contributed by atoms with Crippen LogP contribution in [0.15, 0.2) is 22.3 Å². The van der Waals surface area contributed by atoms with Crippen LogP contribution in [-0.2, 0) is 9.47 Å². The quantitative estimate of drug-likeness (QED) is 0.141. The summed E-state index contributed by atoms with van der Waals surface area (Å²) in [7, 11) is 0. The van der Waals surface area contributed by atoms with Gasteiger partial charge in [0.05, 0.1) is 0 Å². The predicted molar refractivity (Wildman–Crippen MR) is 117 cm³/mol. The molecule has 0 N–H and O–H groups in total. The van der Waals surface area contributed by atoms with E-state index < -0.39 is 18.4 Å². The van der Waals surface area contributed by atoms with Crippen LogP contribution < -0.4 is 0 Å². The van der Waals surface area contributed by atoms with Crippen LogP contribution >= 0.6 is 0 Å². The molecule has 1 unspecified atom stereocenters. The summed E-state index contributed by atoms with van der Waals surface area (Å²) in [5.74, 6) is 0. The fourth-order valence-corrected chi connectivity index (χ4v) is 17.9. The van der Waals surface area contributed by atoms with Crippen molar-refractivity contribution in [3.8, 4) is 0 Å². The van der Waals surface area contributed by atoms with Gasteiger partial charge >= 0.3 is 168 Å². The second kappa shape index (κ2) is 16.2. The molecule has 1 atom stereocenters. The maximum absolute atomic E-state index is 5.81. The molecule has 2 nitrogen and oxygen atoms in total. The van der Waals surface area contributed by atoms with Crippen molar-refractivity contribution in [1.82, 2.24) is 0 Å². The summed E-state index contributed by atoms with van der Waals surface area (Å²) in [5.41, 5.74) is 0. The minimum absolute atomic E-state index is 0.0497. The summed E-state index contributed by atoms with van der Waals surface area (Å²) in [5, 5.41) is 0. The zero-order valence-corrected chi connectivity index (χ0v) is 20.7. The van der Waals surface area contributed by atoms with Crippen molar-refractivity contribution in [2.45, 2.75) is 105 Å². The number of rotatable bonds is 15. The van der Waals surface area contributed by atoms with Crippen molar-refractivity contribution < 1.29 is 9.47 Å². The maximum atomic E-state index is 5.81. The first kappa shape index (κ1) is 24.2. The first-order valence-corrected chi connectivity index (χ1v) is 19.0. The van der Waals surface area contributed by atoms with E-state index in [0.29, 0.717) is 0 Å². The average Bonchev–Trinajstić information content (AvgIpc) is 2.68. The van der Waals surface area contributed by atoms with E-state index in [9.17, 15) is 0 Å². The van der Waals surface area contributed by atoms with Crippen LogP contribution in [0.25, 0.3) is 0 Å². The van der Waals surface area contributed by atoms with Crippen molar-refractivity contribution in [1.29, 1.82) is 0 Å². The molecule has 0 bridgehead atoms. The van der Waals surface area contributed by atoms with Gasteiger partial charge in [-0.3, -0.25) is 0 Å². The Hall–Kier alpha value is 0.199. The SMILES string of the molecule is CCC[CH2][Sn](/[CH]=C/C=C/CCOC1CCCCO1)([CH2]CCC)[CH2]CCC. The molecular weight excluding hydrogens is 427 g/mol. The van der Waals surface area contributed by atoms with Crippen molar-refractivity contribution in [2.24, 2.45) is 0 Å². The van der Waals surface area contributed by atoms with Gasteiger partial charge in [0.2, 0.25) is 0 Å². The van der Waals surface area contributed by atoms with Gasteiger partial charge in [0.15, 0.2) is 0 Å². The van der Waals surface area contributed by atoms with Crippen LogP contribution in [0.1, 0.15) is 85.0 Å². The Bertz CT molecular complexity index is 351. The van der Waals surface area contributed by atoms with E-state index in [0.717, 1.165) is 26.1 Å². The van der Waals surface area contributed by atoms with Gasteiger partial charge in [-0.2, -0.15) is 0 Å². The third-order valence-electron chi connectivity index (χ3n) is 5.51. The van der Waals surface area contributed by atoms with Gasteiger partial charge in [-0.15, -0.1) is 0 Å². The molecule has 1 aliphatic heterocycles. The number of hydrogen-bond donors (Lipinski definition) is 0. The molecule has 152 valence electrons. The van der Waals surface area contributed by atoms with Gasteiger partial charge in [-0.25, -0.2) is 0 Å². The molecule has 26 heavy (non-hydrogen) atoms. The Kier molecular flexibility index (Phi) is 15.1. The van der Waals surface area contributed by atoms with E-state index in [2.05, 4.69) is 43.1 Å². The van der Waals surface area contributed by atoms with Crippen LogP contribution in [0.5, 0.6) is 0 Å². The van der Waals surface area contributed by atoms with Gasteiger partial charge in [-0.05, 0) is 0 Å². The summed E-state index contributed by atoms with van der Waals surface area (Å²) in [6, 6.07) is 0. The predicted octanol–water partition coefficient (Wildman–Crippen LogP) is 7.42. The number of ether oxygens (including phenoxy) is 2. The normalized spacial score (nSPS) is 19.0. The van der Waals surface area contributed by atoms with E-state index in [1.54, 1.807) is 13.3 Å². The number of unbranched alkanes of at least 4 members (excludes halogenated alkanes) is 3. The Morgan fingerprint density at radius 2 is 1.58 bits per heavy atom. The van der Waals surface area contributed by atoms with Gasteiger partial charge in [0, 0.05) is 0 Å². The average molecular weight is 471 g/mol. The molecule has 0 aromatic heterocycles. The first-order chi connectivity index (χ1) is 12.8. The summed E-state index contributed by atoms with van der Waals surface area (Å²) in [4.78, 5) is 0. The van der Waals surface area contributed by atoms with Crippen LogP contribution in [0, 0.1) is 0 Å². The molecule has 0 radical (unpaired) electrons. The fraction of sp³-hybridized carbons (Fsp3) is 0.826. The van der Waals surface area contributed by atoms with Gasteiger partial charge < -0.3 is 0 Å². The number of allylic oxidation sites excluding steroid dienone is 2. The molecule has 0 aromatic rings. The zero-order chi connectivity index (χ0) is 18.9. The molecule has 1 heterocycles. The Balaban J connectivity index is 2.43. The second-order valence-corrected chi connectivity index (χ2v) is 20.9. The molecule has 0 spiro atoms. The fourth-order valence-electron chi connectivity index (χ4n) is 3.76. The molecule has 0 amide bonds. The van der Waals surface area contributed by atoms with E-state index in [1.807, 2.05) is 0 Å². The number of hydrogen-bond acceptors (Lipinski definition) is 2. The summed E-state index contributed by atoms with van der Waals surface area (Å²) >= 11 is -2.08. The summed E-state index contributed by atoms with van der Waals surface area (Å²) in [6.45, 7) is 8.68. The van der Waals surface area contributed by atoms with Crippen LogP contribution in [-0.4, -0.2) is 37.9 Å². The van der Waals surface area contributed by atoms with Crippen LogP contribution in [0.2, 0.25) is 13.3 Å². The second-order valence-electron chi connectivity index (χ2n) is 7.92. The summed E-state index contributed by atoms with van der Waals surface area (Å²) < 4.78 is 18.8. The standard InChI is InChI=1S/C11H17O2.3C4H9.Sn/c1-2-3-4-6-9-12-11-8-5-7-10-13-11;3*1-3-4-2;/h1-4,11H,5-10H2;3*1,3-4H2,2H3;/b2-1?,4-3+;;;;. The Morgan fingerprint density at radius 3 is 2.12 bits per heavy atom.